The molecule has 1 aliphatic heterocycles. The van der Waals surface area contributed by atoms with Crippen molar-refractivity contribution in [3.63, 3.8) is 0 Å². The van der Waals surface area contributed by atoms with Gasteiger partial charge in [0.15, 0.2) is 0 Å². The van der Waals surface area contributed by atoms with Crippen molar-refractivity contribution in [3.05, 3.63) is 11.1 Å². The largest absolute Gasteiger partial charge is 0.310 e. The number of hydrogen-bond donors (Lipinski definition) is 1. The molecule has 1 unspecified atom stereocenters. The van der Waals surface area contributed by atoms with Crippen LogP contribution < -0.4 is 5.32 Å². The molecule has 0 bridgehead atoms. The summed E-state index contributed by atoms with van der Waals surface area (Å²) in [4.78, 5) is 2.65. The lowest BCUT2D eigenvalue weighted by molar-refractivity contribution is 0.0149. The number of rotatable bonds is 4. The van der Waals surface area contributed by atoms with E-state index >= 15 is 0 Å². The van der Waals surface area contributed by atoms with Gasteiger partial charge in [0.1, 0.15) is 0 Å². The van der Waals surface area contributed by atoms with Crippen LogP contribution in [0.2, 0.25) is 0 Å². The molecule has 0 radical (unpaired) electrons. The third kappa shape index (κ3) is 3.96. The third-order valence-corrected chi connectivity index (χ3v) is 5.11. The Kier molecular flexibility index (Phi) is 5.91. The number of halogens is 1. The van der Waals surface area contributed by atoms with Crippen LogP contribution in [0.3, 0.4) is 0 Å². The fraction of sp³-hybridized carbons (Fsp3) is 0.875. The summed E-state index contributed by atoms with van der Waals surface area (Å²) in [6.45, 7) is 16.8. The normalized spacial score (nSPS) is 25.6. The van der Waals surface area contributed by atoms with Crippen LogP contribution in [0, 0.1) is 5.41 Å². The van der Waals surface area contributed by atoms with E-state index in [1.54, 1.807) is 5.54 Å². The number of nitrogens with zero attached hydrogens (tertiary/aromatic N) is 1. The van der Waals surface area contributed by atoms with E-state index in [9.17, 15) is 0 Å². The van der Waals surface area contributed by atoms with Crippen molar-refractivity contribution < 1.29 is 0 Å². The third-order valence-electron chi connectivity index (χ3n) is 4.74. The molecule has 1 heterocycles. The van der Waals surface area contributed by atoms with Crippen molar-refractivity contribution in [1.82, 2.24) is 10.2 Å². The van der Waals surface area contributed by atoms with E-state index in [1.807, 2.05) is 0 Å². The molecule has 1 aliphatic rings. The second-order valence-electron chi connectivity index (χ2n) is 7.07. The zero-order valence-corrected chi connectivity index (χ0v) is 14.3. The minimum atomic E-state index is 0.281. The predicted molar refractivity (Wildman–Crippen MR) is 85.7 cm³/mol. The molecule has 1 saturated heterocycles. The first-order chi connectivity index (χ1) is 8.79. The molecule has 0 aromatic heterocycles. The highest BCUT2D eigenvalue weighted by molar-refractivity contribution is 6.25. The predicted octanol–water partition coefficient (Wildman–Crippen LogP) is 4.01. The summed E-state index contributed by atoms with van der Waals surface area (Å²) >= 11 is 5.87. The highest BCUT2D eigenvalue weighted by atomic mass is 35.5. The van der Waals surface area contributed by atoms with Crippen LogP contribution in [-0.2, 0) is 0 Å². The van der Waals surface area contributed by atoms with Gasteiger partial charge >= 0.3 is 0 Å². The molecule has 0 aliphatic carbocycles. The van der Waals surface area contributed by atoms with Crippen LogP contribution in [0.4, 0.5) is 0 Å². The molecule has 0 amide bonds. The average Bonchev–Trinajstić information content (AvgIpc) is 2.37. The van der Waals surface area contributed by atoms with Crippen molar-refractivity contribution in [3.8, 4) is 0 Å². The maximum atomic E-state index is 5.87. The SMILES string of the molecule is CCC1(CC)CNC(C(C)(C)C)CN1CC(C)=CCl. The molecule has 0 saturated carbocycles. The fourth-order valence-electron chi connectivity index (χ4n) is 3.00. The van der Waals surface area contributed by atoms with Gasteiger partial charge in [0.05, 0.1) is 0 Å². The van der Waals surface area contributed by atoms with Crippen LogP contribution >= 0.6 is 11.6 Å². The zero-order valence-electron chi connectivity index (χ0n) is 13.5. The van der Waals surface area contributed by atoms with Gasteiger partial charge in [-0.25, -0.2) is 0 Å². The number of hydrogen-bond acceptors (Lipinski definition) is 2. The van der Waals surface area contributed by atoms with Gasteiger partial charge in [0, 0.05) is 36.8 Å². The van der Waals surface area contributed by atoms with Gasteiger partial charge in [-0.2, -0.15) is 0 Å². The molecule has 112 valence electrons. The summed E-state index contributed by atoms with van der Waals surface area (Å²) in [5, 5.41) is 3.78. The molecule has 19 heavy (non-hydrogen) atoms. The Bertz CT molecular complexity index is 313. The summed E-state index contributed by atoms with van der Waals surface area (Å²) in [5.74, 6) is 0. The van der Waals surface area contributed by atoms with Crippen LogP contribution in [0.15, 0.2) is 11.1 Å². The Morgan fingerprint density at radius 2 is 1.95 bits per heavy atom. The first-order valence-corrected chi connectivity index (χ1v) is 7.97. The van der Waals surface area contributed by atoms with E-state index in [4.69, 9.17) is 11.6 Å². The van der Waals surface area contributed by atoms with Crippen molar-refractivity contribution in [2.24, 2.45) is 5.41 Å². The molecule has 1 rings (SSSR count). The Balaban J connectivity index is 2.92. The molecule has 2 nitrogen and oxygen atoms in total. The Hall–Kier alpha value is -0.0500. The van der Waals surface area contributed by atoms with E-state index in [0.717, 1.165) is 19.6 Å². The van der Waals surface area contributed by atoms with Crippen LogP contribution in [-0.4, -0.2) is 36.1 Å². The lowest BCUT2D eigenvalue weighted by Gasteiger charge is -2.52. The quantitative estimate of drug-likeness (QED) is 0.840. The van der Waals surface area contributed by atoms with Gasteiger partial charge in [-0.15, -0.1) is 0 Å². The smallest absolute Gasteiger partial charge is 0.0332 e. The Morgan fingerprint density at radius 1 is 1.37 bits per heavy atom. The van der Waals surface area contributed by atoms with Crippen molar-refractivity contribution in [1.29, 1.82) is 0 Å². The zero-order chi connectivity index (χ0) is 14.7. The maximum absolute atomic E-state index is 5.87. The minimum Gasteiger partial charge on any atom is -0.310 e. The molecule has 1 atom stereocenters. The first-order valence-electron chi connectivity index (χ1n) is 7.53. The first kappa shape index (κ1) is 17.0. The molecule has 0 aromatic rings. The minimum absolute atomic E-state index is 0.281. The van der Waals surface area contributed by atoms with Crippen molar-refractivity contribution in [2.45, 2.75) is 66.0 Å². The molecular formula is C16H31ClN2. The topological polar surface area (TPSA) is 15.3 Å². The highest BCUT2D eigenvalue weighted by Crippen LogP contribution is 2.32. The second-order valence-corrected chi connectivity index (χ2v) is 7.29. The molecule has 0 aromatic carbocycles. The number of nitrogens with one attached hydrogen (secondary N) is 1. The highest BCUT2D eigenvalue weighted by Gasteiger charge is 2.41. The summed E-state index contributed by atoms with van der Waals surface area (Å²) < 4.78 is 0. The average molecular weight is 287 g/mol. The van der Waals surface area contributed by atoms with Gasteiger partial charge in [-0.3, -0.25) is 4.90 Å². The fourth-order valence-corrected chi connectivity index (χ4v) is 3.07. The van der Waals surface area contributed by atoms with E-state index in [-0.39, 0.29) is 5.54 Å². The van der Waals surface area contributed by atoms with Gasteiger partial charge in [0.2, 0.25) is 0 Å². The van der Waals surface area contributed by atoms with Crippen molar-refractivity contribution >= 4 is 11.6 Å². The Labute approximate surface area is 124 Å². The molecule has 3 heteroatoms. The molecule has 0 spiro atoms. The second kappa shape index (κ2) is 6.60. The summed E-state index contributed by atoms with van der Waals surface area (Å²) in [7, 11) is 0. The monoisotopic (exact) mass is 286 g/mol. The summed E-state index contributed by atoms with van der Waals surface area (Å²) in [6, 6.07) is 0.543. The summed E-state index contributed by atoms with van der Waals surface area (Å²) in [6.07, 6.45) is 2.37. The van der Waals surface area contributed by atoms with Gasteiger partial charge in [-0.05, 0) is 30.8 Å². The van der Waals surface area contributed by atoms with Gasteiger partial charge in [0.25, 0.3) is 0 Å². The van der Waals surface area contributed by atoms with Gasteiger partial charge < -0.3 is 5.32 Å². The molecular weight excluding hydrogens is 256 g/mol. The maximum Gasteiger partial charge on any atom is 0.0332 e. The van der Waals surface area contributed by atoms with E-state index in [1.165, 1.54) is 18.4 Å². The lowest BCUT2D eigenvalue weighted by Crippen LogP contribution is -2.66. The van der Waals surface area contributed by atoms with E-state index < -0.39 is 0 Å². The van der Waals surface area contributed by atoms with Crippen LogP contribution in [0.5, 0.6) is 0 Å². The van der Waals surface area contributed by atoms with Crippen LogP contribution in [0.25, 0.3) is 0 Å². The Morgan fingerprint density at radius 3 is 2.37 bits per heavy atom. The molecule has 1 N–H and O–H groups in total. The van der Waals surface area contributed by atoms with E-state index in [0.29, 0.717) is 11.5 Å². The van der Waals surface area contributed by atoms with Gasteiger partial charge in [-0.1, -0.05) is 46.2 Å². The van der Waals surface area contributed by atoms with E-state index in [2.05, 4.69) is 51.8 Å². The summed E-state index contributed by atoms with van der Waals surface area (Å²) in [5.41, 5.74) is 3.56. The van der Waals surface area contributed by atoms with Crippen LogP contribution in [0.1, 0.15) is 54.4 Å². The van der Waals surface area contributed by atoms with Crippen molar-refractivity contribution in [2.75, 3.05) is 19.6 Å². The standard InChI is InChI=1S/C16H31ClN2/c1-7-16(8-2)12-18-14(15(4,5)6)11-19(16)10-13(3)9-17/h9,14,18H,7-8,10-12H2,1-6H3. The number of piperazine rings is 1. The lowest BCUT2D eigenvalue weighted by atomic mass is 9.80. The molecule has 1 fully saturated rings.